The molecule has 2 N–H and O–H groups in total. The molecule has 0 aromatic heterocycles. The summed E-state index contributed by atoms with van der Waals surface area (Å²) in [6, 6.07) is 1.30. The molecule has 2 saturated carbocycles. The van der Waals surface area contributed by atoms with Crippen LogP contribution in [-0.2, 0) is 0 Å². The minimum atomic E-state index is 0.637. The maximum atomic E-state index is 6.12. The summed E-state index contributed by atoms with van der Waals surface area (Å²) in [6.45, 7) is 3.48. The number of rotatable bonds is 5. The molecular weight excluding hydrogens is 260 g/mol. The van der Waals surface area contributed by atoms with E-state index < -0.39 is 0 Å². The van der Waals surface area contributed by atoms with Crippen LogP contribution >= 0.6 is 0 Å². The monoisotopic (exact) mass is 292 g/mol. The second kappa shape index (κ2) is 6.99. The molecule has 3 fully saturated rings. The molecule has 4 nitrogen and oxygen atoms in total. The van der Waals surface area contributed by atoms with Gasteiger partial charge < -0.3 is 10.6 Å². The highest BCUT2D eigenvalue weighted by atomic mass is 15.3. The van der Waals surface area contributed by atoms with Crippen LogP contribution in [0.5, 0.6) is 0 Å². The Kier molecular flexibility index (Phi) is 5.04. The van der Waals surface area contributed by atoms with E-state index in [1.807, 2.05) is 0 Å². The maximum absolute atomic E-state index is 6.12. The van der Waals surface area contributed by atoms with Gasteiger partial charge in [-0.1, -0.05) is 19.3 Å². The Morgan fingerprint density at radius 2 is 1.86 bits per heavy atom. The molecule has 0 radical (unpaired) electrons. The lowest BCUT2D eigenvalue weighted by molar-refractivity contribution is 0.190. The van der Waals surface area contributed by atoms with Gasteiger partial charge in [0.1, 0.15) is 0 Å². The fourth-order valence-electron chi connectivity index (χ4n) is 4.00. The highest BCUT2D eigenvalue weighted by Gasteiger charge is 2.29. The molecule has 1 heterocycles. The largest absolute Gasteiger partial charge is 0.370 e. The Morgan fingerprint density at radius 3 is 2.57 bits per heavy atom. The van der Waals surface area contributed by atoms with Gasteiger partial charge >= 0.3 is 0 Å². The minimum absolute atomic E-state index is 0.637. The molecule has 0 aromatic carbocycles. The van der Waals surface area contributed by atoms with Gasteiger partial charge in [-0.2, -0.15) is 0 Å². The van der Waals surface area contributed by atoms with E-state index in [9.17, 15) is 0 Å². The molecule has 120 valence electrons. The van der Waals surface area contributed by atoms with Crippen molar-refractivity contribution < 1.29 is 0 Å². The summed E-state index contributed by atoms with van der Waals surface area (Å²) in [5, 5.41) is 0. The fourth-order valence-corrected chi connectivity index (χ4v) is 4.00. The summed E-state index contributed by atoms with van der Waals surface area (Å²) < 4.78 is 0. The first-order valence-corrected chi connectivity index (χ1v) is 9.01. The van der Waals surface area contributed by atoms with Crippen molar-refractivity contribution in [3.05, 3.63) is 0 Å². The summed E-state index contributed by atoms with van der Waals surface area (Å²) in [4.78, 5) is 9.55. The van der Waals surface area contributed by atoms with Crippen LogP contribution in [0.2, 0.25) is 0 Å². The zero-order valence-electron chi connectivity index (χ0n) is 13.6. The lowest BCUT2D eigenvalue weighted by atomic mass is 9.89. The van der Waals surface area contributed by atoms with Gasteiger partial charge in [0.2, 0.25) is 0 Å². The molecule has 3 rings (SSSR count). The molecule has 2 aliphatic carbocycles. The highest BCUT2D eigenvalue weighted by Crippen LogP contribution is 2.28. The minimum Gasteiger partial charge on any atom is -0.370 e. The van der Waals surface area contributed by atoms with Gasteiger partial charge in [0, 0.05) is 25.7 Å². The van der Waals surface area contributed by atoms with E-state index in [1.54, 1.807) is 0 Å². The number of hydrogen-bond acceptors (Lipinski definition) is 2. The average molecular weight is 292 g/mol. The van der Waals surface area contributed by atoms with Crippen molar-refractivity contribution in [2.45, 2.75) is 69.9 Å². The normalized spacial score (nSPS) is 29.0. The van der Waals surface area contributed by atoms with Crippen molar-refractivity contribution in [3.8, 4) is 0 Å². The van der Waals surface area contributed by atoms with E-state index >= 15 is 0 Å². The maximum Gasteiger partial charge on any atom is 0.191 e. The number of hydrogen-bond donors (Lipinski definition) is 1. The summed E-state index contributed by atoms with van der Waals surface area (Å²) in [7, 11) is 2.09. The van der Waals surface area contributed by atoms with Crippen LogP contribution in [-0.4, -0.2) is 54.5 Å². The van der Waals surface area contributed by atoms with Gasteiger partial charge in [0.15, 0.2) is 5.96 Å². The first-order valence-electron chi connectivity index (χ1n) is 9.01. The standard InChI is InChI=1S/C17H32N4/c1-20(15-9-10-15)17(18)19-12-16-8-5-11-21(16)13-14-6-3-2-4-7-14/h14-16H,2-13H2,1H3,(H2,18,19). The Labute approximate surface area is 129 Å². The SMILES string of the molecule is CN(C(N)=NCC1CCCN1CC1CCCCC1)C1CC1. The summed E-state index contributed by atoms with van der Waals surface area (Å²) >= 11 is 0. The number of aliphatic imine (C=N–C) groups is 1. The molecule has 1 atom stereocenters. The summed E-state index contributed by atoms with van der Waals surface area (Å²) in [5.41, 5.74) is 6.12. The van der Waals surface area contributed by atoms with Gasteiger partial charge in [0.05, 0.1) is 6.54 Å². The van der Waals surface area contributed by atoms with Crippen LogP contribution in [0.15, 0.2) is 4.99 Å². The van der Waals surface area contributed by atoms with Crippen molar-refractivity contribution >= 4 is 5.96 Å². The van der Waals surface area contributed by atoms with E-state index in [0.29, 0.717) is 12.1 Å². The Hall–Kier alpha value is -0.770. The van der Waals surface area contributed by atoms with Crippen molar-refractivity contribution in [1.29, 1.82) is 0 Å². The van der Waals surface area contributed by atoms with Gasteiger partial charge in [-0.05, 0) is 51.0 Å². The zero-order valence-corrected chi connectivity index (χ0v) is 13.6. The number of nitrogens with zero attached hydrogens (tertiary/aromatic N) is 3. The van der Waals surface area contributed by atoms with E-state index in [4.69, 9.17) is 5.73 Å². The quantitative estimate of drug-likeness (QED) is 0.625. The van der Waals surface area contributed by atoms with Crippen LogP contribution in [0.4, 0.5) is 0 Å². The van der Waals surface area contributed by atoms with E-state index in [-0.39, 0.29) is 0 Å². The van der Waals surface area contributed by atoms with E-state index in [2.05, 4.69) is 21.8 Å². The number of nitrogens with two attached hydrogens (primary N) is 1. The van der Waals surface area contributed by atoms with Crippen molar-refractivity contribution in [3.63, 3.8) is 0 Å². The van der Waals surface area contributed by atoms with E-state index in [0.717, 1.165) is 18.4 Å². The van der Waals surface area contributed by atoms with Crippen molar-refractivity contribution in [2.75, 3.05) is 26.7 Å². The lowest BCUT2D eigenvalue weighted by Gasteiger charge is -2.30. The number of guanidine groups is 1. The molecule has 3 aliphatic rings. The van der Waals surface area contributed by atoms with Crippen molar-refractivity contribution in [1.82, 2.24) is 9.80 Å². The molecule has 0 spiro atoms. The van der Waals surface area contributed by atoms with E-state index in [1.165, 1.54) is 70.9 Å². The third kappa shape index (κ3) is 4.12. The predicted octanol–water partition coefficient (Wildman–Crippen LogP) is 2.44. The fraction of sp³-hybridized carbons (Fsp3) is 0.941. The summed E-state index contributed by atoms with van der Waals surface area (Å²) in [6.07, 6.45) is 12.4. The van der Waals surface area contributed by atoms with Crippen LogP contribution in [0.1, 0.15) is 57.8 Å². The van der Waals surface area contributed by atoms with Crippen molar-refractivity contribution in [2.24, 2.45) is 16.6 Å². The Balaban J connectivity index is 1.47. The molecule has 4 heteroatoms. The predicted molar refractivity (Wildman–Crippen MR) is 88.4 cm³/mol. The van der Waals surface area contributed by atoms with Crippen LogP contribution < -0.4 is 5.73 Å². The van der Waals surface area contributed by atoms with Gasteiger partial charge in [0.25, 0.3) is 0 Å². The molecule has 1 unspecified atom stereocenters. The highest BCUT2D eigenvalue weighted by molar-refractivity contribution is 5.78. The Bertz CT molecular complexity index is 358. The average Bonchev–Trinajstić information content (AvgIpc) is 3.27. The zero-order chi connectivity index (χ0) is 14.7. The Morgan fingerprint density at radius 1 is 1.10 bits per heavy atom. The smallest absolute Gasteiger partial charge is 0.191 e. The van der Waals surface area contributed by atoms with Crippen LogP contribution in [0.3, 0.4) is 0 Å². The molecule has 1 saturated heterocycles. The van der Waals surface area contributed by atoms with Crippen LogP contribution in [0, 0.1) is 5.92 Å². The second-order valence-corrected chi connectivity index (χ2v) is 7.34. The second-order valence-electron chi connectivity index (χ2n) is 7.34. The number of likely N-dealkylation sites (tertiary alicyclic amines) is 1. The molecule has 0 amide bonds. The molecule has 1 aliphatic heterocycles. The summed E-state index contributed by atoms with van der Waals surface area (Å²) in [5.74, 6) is 1.69. The lowest BCUT2D eigenvalue weighted by Crippen LogP contribution is -2.39. The first-order chi connectivity index (χ1) is 10.2. The van der Waals surface area contributed by atoms with Gasteiger partial charge in [-0.25, -0.2) is 0 Å². The first kappa shape index (κ1) is 15.1. The molecule has 21 heavy (non-hydrogen) atoms. The third-order valence-electron chi connectivity index (χ3n) is 5.64. The molecular formula is C17H32N4. The van der Waals surface area contributed by atoms with Gasteiger partial charge in [-0.15, -0.1) is 0 Å². The topological polar surface area (TPSA) is 44.9 Å². The van der Waals surface area contributed by atoms with Gasteiger partial charge in [-0.3, -0.25) is 9.89 Å². The van der Waals surface area contributed by atoms with Crippen LogP contribution in [0.25, 0.3) is 0 Å². The molecule has 0 bridgehead atoms. The third-order valence-corrected chi connectivity index (χ3v) is 5.64. The molecule has 0 aromatic rings.